The number of aliphatic hydroxyl groups excluding tert-OH is 1. The monoisotopic (exact) mass is 238 g/mol. The lowest BCUT2D eigenvalue weighted by Gasteiger charge is -2.31. The molecule has 1 rings (SSSR count). The maximum Gasteiger partial charge on any atom is 0.328 e. The van der Waals surface area contributed by atoms with E-state index in [9.17, 15) is 15.0 Å². The van der Waals surface area contributed by atoms with Crippen molar-refractivity contribution in [2.24, 2.45) is 0 Å². The lowest BCUT2D eigenvalue weighted by molar-refractivity contribution is -0.131. The molecule has 4 heteroatoms. The van der Waals surface area contributed by atoms with E-state index in [1.54, 1.807) is 32.1 Å². The molecule has 0 amide bonds. The third-order valence-electron chi connectivity index (χ3n) is 2.92. The normalized spacial score (nSPS) is 30.5. The van der Waals surface area contributed by atoms with Gasteiger partial charge in [0, 0.05) is 6.08 Å². The van der Waals surface area contributed by atoms with Crippen molar-refractivity contribution in [2.75, 3.05) is 0 Å². The number of carbonyl (C=O) groups is 1. The van der Waals surface area contributed by atoms with Crippen LogP contribution in [0.4, 0.5) is 0 Å². The highest BCUT2D eigenvalue weighted by atomic mass is 16.4. The minimum atomic E-state index is -1.08. The van der Waals surface area contributed by atoms with Crippen molar-refractivity contribution in [1.82, 2.24) is 0 Å². The Hall–Kier alpha value is -1.39. The van der Waals surface area contributed by atoms with Gasteiger partial charge < -0.3 is 15.3 Å². The van der Waals surface area contributed by atoms with Crippen molar-refractivity contribution in [1.29, 1.82) is 0 Å². The average Bonchev–Trinajstić information content (AvgIpc) is 2.21. The molecule has 0 saturated carbocycles. The van der Waals surface area contributed by atoms with Gasteiger partial charge in [-0.25, -0.2) is 4.79 Å². The number of allylic oxidation sites excluding steroid dienone is 2. The Morgan fingerprint density at radius 1 is 1.59 bits per heavy atom. The number of carboxylic acid groups (broad SMARTS) is 1. The molecule has 0 fully saturated rings. The van der Waals surface area contributed by atoms with E-state index in [0.29, 0.717) is 24.0 Å². The van der Waals surface area contributed by atoms with Gasteiger partial charge in [-0.3, -0.25) is 0 Å². The van der Waals surface area contributed by atoms with Crippen LogP contribution < -0.4 is 0 Å². The highest BCUT2D eigenvalue weighted by molar-refractivity contribution is 5.81. The van der Waals surface area contributed by atoms with Crippen LogP contribution in [0.2, 0.25) is 0 Å². The zero-order valence-electron chi connectivity index (χ0n) is 10.1. The van der Waals surface area contributed by atoms with Crippen LogP contribution in [0, 0.1) is 0 Å². The second-order valence-corrected chi connectivity index (χ2v) is 4.44. The van der Waals surface area contributed by atoms with Crippen LogP contribution >= 0.6 is 0 Å². The van der Waals surface area contributed by atoms with Gasteiger partial charge in [0.2, 0.25) is 0 Å². The number of aliphatic carboxylic acids is 1. The molecule has 0 aromatic carbocycles. The Labute approximate surface area is 101 Å². The van der Waals surface area contributed by atoms with Crippen molar-refractivity contribution in [2.45, 2.75) is 38.4 Å². The SMILES string of the molecule is CC1=CC(O)CCC1(O)/C=C/C(C)=C/C(=O)O. The van der Waals surface area contributed by atoms with E-state index in [1.165, 1.54) is 0 Å². The first-order valence-electron chi connectivity index (χ1n) is 5.53. The van der Waals surface area contributed by atoms with E-state index < -0.39 is 17.7 Å². The van der Waals surface area contributed by atoms with E-state index >= 15 is 0 Å². The molecule has 0 bridgehead atoms. The molecular formula is C13H18O4. The van der Waals surface area contributed by atoms with E-state index in [4.69, 9.17) is 5.11 Å². The Kier molecular flexibility index (Phi) is 4.26. The predicted molar refractivity (Wildman–Crippen MR) is 64.5 cm³/mol. The zero-order chi connectivity index (χ0) is 13.1. The fourth-order valence-corrected chi connectivity index (χ4v) is 1.81. The summed E-state index contributed by atoms with van der Waals surface area (Å²) >= 11 is 0. The molecule has 0 radical (unpaired) electrons. The van der Waals surface area contributed by atoms with Gasteiger partial charge in [-0.1, -0.05) is 12.2 Å². The summed E-state index contributed by atoms with van der Waals surface area (Å²) in [4.78, 5) is 10.4. The summed E-state index contributed by atoms with van der Waals surface area (Å²) < 4.78 is 0. The van der Waals surface area contributed by atoms with Gasteiger partial charge in [-0.2, -0.15) is 0 Å². The lowest BCUT2D eigenvalue weighted by atomic mass is 9.82. The van der Waals surface area contributed by atoms with Crippen molar-refractivity contribution in [3.63, 3.8) is 0 Å². The standard InChI is InChI=1S/C13H18O4/c1-9(7-12(15)16)3-5-13(17)6-4-11(14)8-10(13)2/h3,5,7-8,11,14,17H,4,6H2,1-2H3,(H,15,16)/b5-3+,9-7+. The topological polar surface area (TPSA) is 77.8 Å². The average molecular weight is 238 g/mol. The Bertz CT molecular complexity index is 392. The van der Waals surface area contributed by atoms with Gasteiger partial charge in [0.1, 0.15) is 5.60 Å². The van der Waals surface area contributed by atoms with Crippen LogP contribution in [0.3, 0.4) is 0 Å². The summed E-state index contributed by atoms with van der Waals surface area (Å²) in [5.41, 5.74) is 0.174. The first kappa shape index (κ1) is 13.7. The van der Waals surface area contributed by atoms with Gasteiger partial charge in [-0.05, 0) is 43.9 Å². The van der Waals surface area contributed by atoms with Crippen LogP contribution in [0.15, 0.2) is 35.5 Å². The maximum absolute atomic E-state index is 10.4. The molecule has 94 valence electrons. The minimum Gasteiger partial charge on any atom is -0.478 e. The maximum atomic E-state index is 10.4. The molecule has 0 aromatic rings. The molecule has 2 unspecified atom stereocenters. The molecule has 0 heterocycles. The number of hydrogen-bond acceptors (Lipinski definition) is 3. The van der Waals surface area contributed by atoms with Gasteiger partial charge in [0.05, 0.1) is 6.10 Å². The second-order valence-electron chi connectivity index (χ2n) is 4.44. The Morgan fingerprint density at radius 3 is 2.76 bits per heavy atom. The number of aliphatic hydroxyl groups is 2. The molecule has 0 aliphatic heterocycles. The van der Waals surface area contributed by atoms with Crippen molar-refractivity contribution in [3.05, 3.63) is 35.5 Å². The summed E-state index contributed by atoms with van der Waals surface area (Å²) in [6.07, 6.45) is 6.32. The van der Waals surface area contributed by atoms with E-state index in [2.05, 4.69) is 0 Å². The van der Waals surface area contributed by atoms with E-state index in [1.807, 2.05) is 0 Å². The lowest BCUT2D eigenvalue weighted by Crippen LogP contribution is -2.33. The molecule has 0 spiro atoms. The van der Waals surface area contributed by atoms with E-state index in [-0.39, 0.29) is 0 Å². The minimum absolute atomic E-state index is 0.438. The summed E-state index contributed by atoms with van der Waals surface area (Å²) in [5, 5.41) is 28.3. The molecule has 4 nitrogen and oxygen atoms in total. The Balaban J connectivity index is 2.84. The fraction of sp³-hybridized carbons (Fsp3) is 0.462. The van der Waals surface area contributed by atoms with Gasteiger partial charge in [0.25, 0.3) is 0 Å². The second kappa shape index (κ2) is 5.29. The highest BCUT2D eigenvalue weighted by Crippen LogP contribution is 2.30. The predicted octanol–water partition coefficient (Wildman–Crippen LogP) is 1.41. The number of hydrogen-bond donors (Lipinski definition) is 3. The summed E-state index contributed by atoms with van der Waals surface area (Å²) in [7, 11) is 0. The quantitative estimate of drug-likeness (QED) is 0.394. The molecule has 2 atom stereocenters. The van der Waals surface area contributed by atoms with Crippen LogP contribution in [-0.4, -0.2) is 33.0 Å². The van der Waals surface area contributed by atoms with E-state index in [0.717, 1.165) is 6.08 Å². The molecule has 0 saturated heterocycles. The van der Waals surface area contributed by atoms with Crippen molar-refractivity contribution < 1.29 is 20.1 Å². The third-order valence-corrected chi connectivity index (χ3v) is 2.92. The molecular weight excluding hydrogens is 220 g/mol. The molecule has 17 heavy (non-hydrogen) atoms. The number of carboxylic acids is 1. The molecule has 3 N–H and O–H groups in total. The first-order chi connectivity index (χ1) is 7.83. The molecule has 1 aliphatic carbocycles. The van der Waals surface area contributed by atoms with Crippen LogP contribution in [0.1, 0.15) is 26.7 Å². The number of rotatable bonds is 3. The largest absolute Gasteiger partial charge is 0.478 e. The molecule has 0 aromatic heterocycles. The zero-order valence-corrected chi connectivity index (χ0v) is 10.1. The third kappa shape index (κ3) is 3.84. The van der Waals surface area contributed by atoms with Crippen molar-refractivity contribution >= 4 is 5.97 Å². The summed E-state index contributed by atoms with van der Waals surface area (Å²) in [5.74, 6) is -1.01. The molecule has 1 aliphatic rings. The van der Waals surface area contributed by atoms with Crippen molar-refractivity contribution in [3.8, 4) is 0 Å². The van der Waals surface area contributed by atoms with Crippen LogP contribution in [-0.2, 0) is 4.79 Å². The van der Waals surface area contributed by atoms with Gasteiger partial charge >= 0.3 is 5.97 Å². The van der Waals surface area contributed by atoms with Crippen LogP contribution in [0.25, 0.3) is 0 Å². The first-order valence-corrected chi connectivity index (χ1v) is 5.53. The van der Waals surface area contributed by atoms with Gasteiger partial charge in [-0.15, -0.1) is 0 Å². The summed E-state index contributed by atoms with van der Waals surface area (Å²) in [6, 6.07) is 0. The fourth-order valence-electron chi connectivity index (χ4n) is 1.81. The highest BCUT2D eigenvalue weighted by Gasteiger charge is 2.30. The Morgan fingerprint density at radius 2 is 2.24 bits per heavy atom. The smallest absolute Gasteiger partial charge is 0.328 e. The van der Waals surface area contributed by atoms with Crippen LogP contribution in [0.5, 0.6) is 0 Å². The van der Waals surface area contributed by atoms with Gasteiger partial charge in [0.15, 0.2) is 0 Å². The summed E-state index contributed by atoms with van der Waals surface area (Å²) in [6.45, 7) is 3.41.